The van der Waals surface area contributed by atoms with Crippen LogP contribution in [0.25, 0.3) is 11.3 Å². The average molecular weight is 388 g/mol. The van der Waals surface area contributed by atoms with Crippen molar-refractivity contribution in [1.29, 1.82) is 0 Å². The van der Waals surface area contributed by atoms with E-state index in [0.717, 1.165) is 11.4 Å². The molecule has 0 unspecified atom stereocenters. The fourth-order valence-corrected chi connectivity index (χ4v) is 2.90. The molecule has 0 radical (unpaired) electrons. The second-order valence-corrected chi connectivity index (χ2v) is 6.44. The van der Waals surface area contributed by atoms with Gasteiger partial charge >= 0.3 is 0 Å². The van der Waals surface area contributed by atoms with Gasteiger partial charge in [0, 0.05) is 11.3 Å². The number of halogens is 1. The summed E-state index contributed by atoms with van der Waals surface area (Å²) in [6.07, 6.45) is 0. The molecule has 3 aromatic rings. The minimum absolute atomic E-state index is 0.0139. The van der Waals surface area contributed by atoms with Crippen LogP contribution in [-0.2, 0) is 11.3 Å². The van der Waals surface area contributed by atoms with Crippen LogP contribution in [0.2, 0.25) is 5.02 Å². The van der Waals surface area contributed by atoms with E-state index in [1.54, 1.807) is 35.9 Å². The first-order chi connectivity index (χ1) is 12.9. The topological polar surface area (TPSA) is 102 Å². The van der Waals surface area contributed by atoms with E-state index in [-0.39, 0.29) is 12.1 Å². The van der Waals surface area contributed by atoms with Gasteiger partial charge in [0.25, 0.3) is 11.8 Å². The number of rotatable bonds is 4. The molecule has 0 aliphatic heterocycles. The number of hydrogen-bond acceptors (Lipinski definition) is 5. The first-order valence-electron chi connectivity index (χ1n) is 8.18. The average Bonchev–Trinajstić information content (AvgIpc) is 3.15. The number of hydrazine groups is 1. The van der Waals surface area contributed by atoms with E-state index >= 15 is 0 Å². The first kappa shape index (κ1) is 18.7. The summed E-state index contributed by atoms with van der Waals surface area (Å²) in [5, 5.41) is 8.58. The minimum Gasteiger partial charge on any atom is -0.360 e. The number of nitrogens with zero attached hydrogens (tertiary/aromatic N) is 3. The zero-order chi connectivity index (χ0) is 19.6. The van der Waals surface area contributed by atoms with Crippen molar-refractivity contribution >= 4 is 23.4 Å². The Morgan fingerprint density at radius 3 is 2.59 bits per heavy atom. The maximum absolute atomic E-state index is 12.6. The number of carbonyl (C=O) groups excluding carboxylic acids is 2. The molecule has 140 valence electrons. The number of amides is 2. The van der Waals surface area contributed by atoms with E-state index in [1.165, 1.54) is 0 Å². The number of aryl methyl sites for hydroxylation is 3. The van der Waals surface area contributed by atoms with Crippen molar-refractivity contribution in [2.75, 3.05) is 0 Å². The van der Waals surface area contributed by atoms with E-state index in [2.05, 4.69) is 21.1 Å². The number of nitrogens with one attached hydrogen (secondary N) is 2. The van der Waals surface area contributed by atoms with Gasteiger partial charge in [-0.2, -0.15) is 5.10 Å². The summed E-state index contributed by atoms with van der Waals surface area (Å²) in [5.41, 5.74) is 7.50. The molecular formula is C18H18ClN5O3. The van der Waals surface area contributed by atoms with Crippen LogP contribution in [0.1, 0.15) is 27.5 Å². The molecule has 2 heterocycles. The summed E-state index contributed by atoms with van der Waals surface area (Å²) in [5.74, 6) is -0.649. The number of carbonyl (C=O) groups is 2. The lowest BCUT2D eigenvalue weighted by molar-refractivity contribution is -0.122. The van der Waals surface area contributed by atoms with Crippen molar-refractivity contribution < 1.29 is 14.1 Å². The van der Waals surface area contributed by atoms with Gasteiger partial charge in [-0.3, -0.25) is 25.1 Å². The van der Waals surface area contributed by atoms with E-state index < -0.39 is 11.8 Å². The second kappa shape index (κ2) is 7.63. The van der Waals surface area contributed by atoms with Crippen LogP contribution in [0.4, 0.5) is 0 Å². The molecule has 0 spiro atoms. The van der Waals surface area contributed by atoms with Crippen LogP contribution in [0, 0.1) is 20.8 Å². The Labute approximate surface area is 160 Å². The maximum atomic E-state index is 12.6. The normalized spacial score (nSPS) is 10.7. The highest BCUT2D eigenvalue weighted by Gasteiger charge is 2.23. The van der Waals surface area contributed by atoms with Gasteiger partial charge in [0.2, 0.25) is 0 Å². The largest absolute Gasteiger partial charge is 0.360 e. The van der Waals surface area contributed by atoms with Crippen LogP contribution < -0.4 is 10.9 Å². The molecule has 8 nitrogen and oxygen atoms in total. The molecule has 0 fully saturated rings. The third-order valence-electron chi connectivity index (χ3n) is 3.93. The molecule has 0 atom stereocenters. The lowest BCUT2D eigenvalue weighted by atomic mass is 10.1. The molecule has 27 heavy (non-hydrogen) atoms. The summed E-state index contributed by atoms with van der Waals surface area (Å²) in [6, 6.07) is 8.85. The SMILES string of the molecule is Cc1cc(C)n(CC(=O)NNC(=O)c2c(-c3ccccc3Cl)noc2C)n1. The monoisotopic (exact) mass is 387 g/mol. The lowest BCUT2D eigenvalue weighted by Gasteiger charge is -2.09. The molecule has 1 aromatic carbocycles. The Bertz CT molecular complexity index is 1010. The fraction of sp³-hybridized carbons (Fsp3) is 0.222. The van der Waals surface area contributed by atoms with Gasteiger partial charge in [0.1, 0.15) is 23.6 Å². The third-order valence-corrected chi connectivity index (χ3v) is 4.26. The Morgan fingerprint density at radius 2 is 1.93 bits per heavy atom. The molecule has 0 aliphatic rings. The molecule has 0 saturated heterocycles. The molecule has 9 heteroatoms. The van der Waals surface area contributed by atoms with E-state index in [1.807, 2.05) is 19.9 Å². The summed E-state index contributed by atoms with van der Waals surface area (Å²) in [6.45, 7) is 5.29. The summed E-state index contributed by atoms with van der Waals surface area (Å²) in [4.78, 5) is 24.7. The van der Waals surface area contributed by atoms with Gasteiger partial charge in [-0.15, -0.1) is 0 Å². The highest BCUT2D eigenvalue weighted by Crippen LogP contribution is 2.30. The molecule has 0 bridgehead atoms. The van der Waals surface area contributed by atoms with Gasteiger partial charge in [0.05, 0.1) is 10.7 Å². The lowest BCUT2D eigenvalue weighted by Crippen LogP contribution is -2.43. The van der Waals surface area contributed by atoms with Crippen LogP contribution in [0.5, 0.6) is 0 Å². The summed E-state index contributed by atoms with van der Waals surface area (Å²) >= 11 is 6.19. The van der Waals surface area contributed by atoms with Crippen LogP contribution in [0.3, 0.4) is 0 Å². The van der Waals surface area contributed by atoms with Gasteiger partial charge in [-0.1, -0.05) is 35.0 Å². The predicted molar refractivity (Wildman–Crippen MR) is 99.0 cm³/mol. The molecule has 3 rings (SSSR count). The van der Waals surface area contributed by atoms with Crippen LogP contribution >= 0.6 is 11.6 Å². The van der Waals surface area contributed by atoms with Crippen molar-refractivity contribution in [3.63, 3.8) is 0 Å². The van der Waals surface area contributed by atoms with Crippen molar-refractivity contribution in [2.45, 2.75) is 27.3 Å². The maximum Gasteiger partial charge on any atom is 0.275 e. The van der Waals surface area contributed by atoms with Crippen LogP contribution in [0.15, 0.2) is 34.9 Å². The zero-order valence-corrected chi connectivity index (χ0v) is 15.8. The van der Waals surface area contributed by atoms with Crippen molar-refractivity contribution in [3.05, 3.63) is 58.1 Å². The Balaban J connectivity index is 1.72. The Morgan fingerprint density at radius 1 is 1.19 bits per heavy atom. The standard InChI is InChI=1S/C18H18ClN5O3/c1-10-8-11(2)24(22-10)9-15(25)20-21-18(26)16-12(3)27-23-17(16)13-6-4-5-7-14(13)19/h4-8H,9H2,1-3H3,(H,20,25)(H,21,26). The van der Waals surface area contributed by atoms with E-state index in [9.17, 15) is 9.59 Å². The van der Waals surface area contributed by atoms with Crippen molar-refractivity contribution in [3.8, 4) is 11.3 Å². The summed E-state index contributed by atoms with van der Waals surface area (Å²) < 4.78 is 6.70. The first-order valence-corrected chi connectivity index (χ1v) is 8.56. The van der Waals surface area contributed by atoms with E-state index in [0.29, 0.717) is 22.0 Å². The van der Waals surface area contributed by atoms with Gasteiger partial charge in [0.15, 0.2) is 0 Å². The molecule has 2 N–H and O–H groups in total. The van der Waals surface area contributed by atoms with E-state index in [4.69, 9.17) is 16.1 Å². The number of benzene rings is 1. The van der Waals surface area contributed by atoms with Crippen LogP contribution in [-0.4, -0.2) is 26.8 Å². The fourth-order valence-electron chi connectivity index (χ4n) is 2.68. The summed E-state index contributed by atoms with van der Waals surface area (Å²) in [7, 11) is 0. The number of hydrogen-bond donors (Lipinski definition) is 2. The molecule has 0 aliphatic carbocycles. The van der Waals surface area contributed by atoms with Crippen molar-refractivity contribution in [2.24, 2.45) is 0 Å². The predicted octanol–water partition coefficient (Wildman–Crippen LogP) is 2.58. The second-order valence-electron chi connectivity index (χ2n) is 6.03. The molecule has 2 amide bonds. The van der Waals surface area contributed by atoms with Gasteiger partial charge in [-0.05, 0) is 32.9 Å². The zero-order valence-electron chi connectivity index (χ0n) is 15.0. The Hall–Kier alpha value is -3.13. The molecular weight excluding hydrogens is 370 g/mol. The van der Waals surface area contributed by atoms with Gasteiger partial charge in [-0.25, -0.2) is 0 Å². The Kier molecular flexibility index (Phi) is 5.27. The minimum atomic E-state index is -0.551. The number of aromatic nitrogens is 3. The highest BCUT2D eigenvalue weighted by molar-refractivity contribution is 6.33. The smallest absolute Gasteiger partial charge is 0.275 e. The van der Waals surface area contributed by atoms with Crippen molar-refractivity contribution in [1.82, 2.24) is 25.8 Å². The third kappa shape index (κ3) is 4.01. The van der Waals surface area contributed by atoms with Gasteiger partial charge < -0.3 is 4.52 Å². The molecule has 0 saturated carbocycles. The highest BCUT2D eigenvalue weighted by atomic mass is 35.5. The molecule has 2 aromatic heterocycles. The quantitative estimate of drug-likeness (QED) is 0.670.